The molecule has 13 heteroatoms. The summed E-state index contributed by atoms with van der Waals surface area (Å²) in [4.78, 5) is 13.2. The van der Waals surface area contributed by atoms with Gasteiger partial charge < -0.3 is 14.8 Å². The number of sulfonamides is 1. The third-order valence-electron chi connectivity index (χ3n) is 7.13. The topological polar surface area (TPSA) is 117 Å². The Bertz CT molecular complexity index is 802. The summed E-state index contributed by atoms with van der Waals surface area (Å²) in [5.74, 6) is -1.06. The first-order chi connectivity index (χ1) is 15.9. The second-order valence-corrected chi connectivity index (χ2v) is 12.0. The summed E-state index contributed by atoms with van der Waals surface area (Å²) < 4.78 is 78.0. The number of nitrogens with one attached hydrogen (secondary N) is 1. The Hall–Kier alpha value is -0.660. The van der Waals surface area contributed by atoms with E-state index in [4.69, 9.17) is 26.2 Å². The summed E-state index contributed by atoms with van der Waals surface area (Å²) in [6.07, 6.45) is -3.49. The molecule has 0 aromatic rings. The fourth-order valence-electron chi connectivity index (χ4n) is 5.47. The number of ether oxygens (including phenoxy) is 3. The summed E-state index contributed by atoms with van der Waals surface area (Å²) in [5, 5.41) is 7.17. The molecular weight excluding hydrogens is 501 g/mol. The lowest BCUT2D eigenvalue weighted by molar-refractivity contribution is -0.348. The van der Waals surface area contributed by atoms with Crippen molar-refractivity contribution in [2.45, 2.75) is 112 Å². The molecule has 1 amide bonds. The van der Waals surface area contributed by atoms with Crippen LogP contribution in [-0.2, 0) is 29.0 Å². The minimum Gasteiger partial charge on any atom is -0.377 e. The quantitative estimate of drug-likeness (QED) is 0.485. The van der Waals surface area contributed by atoms with E-state index in [2.05, 4.69) is 10.1 Å². The zero-order valence-electron chi connectivity index (χ0n) is 19.1. The van der Waals surface area contributed by atoms with Gasteiger partial charge in [0.25, 0.3) is 0 Å². The molecule has 3 rings (SSSR count). The molecule has 0 radical (unpaired) electrons. The summed E-state index contributed by atoms with van der Waals surface area (Å²) in [5.41, 5.74) is 0. The van der Waals surface area contributed by atoms with Crippen molar-refractivity contribution in [1.82, 2.24) is 5.32 Å². The number of amides is 1. The van der Waals surface area contributed by atoms with Crippen molar-refractivity contribution < 1.29 is 40.6 Å². The van der Waals surface area contributed by atoms with Crippen LogP contribution in [0.5, 0.6) is 0 Å². The van der Waals surface area contributed by atoms with Crippen molar-refractivity contribution >= 4 is 27.5 Å². The zero-order valence-corrected chi connectivity index (χ0v) is 20.7. The van der Waals surface area contributed by atoms with Crippen LogP contribution in [0.25, 0.3) is 0 Å². The van der Waals surface area contributed by atoms with Gasteiger partial charge in [0, 0.05) is 19.6 Å². The number of carbonyl (C=O) groups excluding carboxylic acids is 1. The maximum absolute atomic E-state index is 13.2. The SMILES string of the molecule is COC1C(Cl)CCCC1OC1CC(OC(F)(F)F)CCC1C(=O)NC1CCCC(S(N)(=O)=O)C1. The molecule has 3 saturated carbocycles. The second kappa shape index (κ2) is 11.6. The standard InChI is InChI=1S/C21H34ClF3N2O6S/c1-31-19-16(22)6-3-7-17(19)32-18-11-13(33-21(23,24)25)8-9-15(18)20(28)27-12-4-2-5-14(10-12)34(26,29)30/h12-19H,2-11H2,1H3,(H,27,28)(H2,26,29,30). The molecule has 0 saturated heterocycles. The number of hydrogen-bond donors (Lipinski definition) is 2. The van der Waals surface area contributed by atoms with Crippen molar-refractivity contribution in [2.24, 2.45) is 11.1 Å². The fourth-order valence-corrected chi connectivity index (χ4v) is 6.88. The van der Waals surface area contributed by atoms with Gasteiger partial charge in [-0.05, 0) is 51.4 Å². The summed E-state index contributed by atoms with van der Waals surface area (Å²) in [6.45, 7) is 0. The van der Waals surface area contributed by atoms with Gasteiger partial charge in [-0.2, -0.15) is 0 Å². The van der Waals surface area contributed by atoms with Gasteiger partial charge in [-0.1, -0.05) is 6.42 Å². The highest BCUT2D eigenvalue weighted by Crippen LogP contribution is 2.37. The molecule has 0 aliphatic heterocycles. The zero-order chi connectivity index (χ0) is 25.1. The average molecular weight is 535 g/mol. The maximum atomic E-state index is 13.2. The molecule has 8 unspecified atom stereocenters. The number of carbonyl (C=O) groups is 1. The summed E-state index contributed by atoms with van der Waals surface area (Å²) >= 11 is 6.37. The summed E-state index contributed by atoms with van der Waals surface area (Å²) in [6, 6.07) is -0.372. The number of nitrogens with two attached hydrogens (primary N) is 1. The molecule has 198 valence electrons. The van der Waals surface area contributed by atoms with Gasteiger partial charge in [-0.25, -0.2) is 13.6 Å². The monoisotopic (exact) mass is 534 g/mol. The van der Waals surface area contributed by atoms with Crippen LogP contribution in [0.15, 0.2) is 0 Å². The van der Waals surface area contributed by atoms with Crippen molar-refractivity contribution in [3.05, 3.63) is 0 Å². The molecule has 3 fully saturated rings. The van der Waals surface area contributed by atoms with E-state index in [1.807, 2.05) is 0 Å². The minimum absolute atomic E-state index is 0.0540. The van der Waals surface area contributed by atoms with E-state index in [1.165, 1.54) is 7.11 Å². The van der Waals surface area contributed by atoms with Crippen LogP contribution in [0.3, 0.4) is 0 Å². The number of rotatable bonds is 7. The first-order valence-corrected chi connectivity index (χ1v) is 13.8. The van der Waals surface area contributed by atoms with Crippen LogP contribution in [0.1, 0.15) is 64.2 Å². The molecule has 0 bridgehead atoms. The third kappa shape index (κ3) is 7.67. The molecule has 34 heavy (non-hydrogen) atoms. The molecular formula is C21H34ClF3N2O6S. The predicted octanol–water partition coefficient (Wildman–Crippen LogP) is 2.97. The molecule has 8 atom stereocenters. The highest BCUT2D eigenvalue weighted by molar-refractivity contribution is 7.89. The molecule has 3 aliphatic rings. The van der Waals surface area contributed by atoms with E-state index in [1.54, 1.807) is 0 Å². The van der Waals surface area contributed by atoms with E-state index in [0.717, 1.165) is 12.8 Å². The Balaban J connectivity index is 1.70. The highest BCUT2D eigenvalue weighted by atomic mass is 35.5. The Labute approximate surface area is 203 Å². The van der Waals surface area contributed by atoms with Gasteiger partial charge in [0.05, 0.1) is 41.0 Å². The van der Waals surface area contributed by atoms with E-state index in [-0.39, 0.29) is 43.0 Å². The normalized spacial score (nSPS) is 37.8. The molecule has 0 spiro atoms. The van der Waals surface area contributed by atoms with Crippen molar-refractivity contribution in [3.63, 3.8) is 0 Å². The minimum atomic E-state index is -4.78. The molecule has 0 aromatic carbocycles. The van der Waals surface area contributed by atoms with Crippen LogP contribution < -0.4 is 10.5 Å². The first-order valence-electron chi connectivity index (χ1n) is 11.8. The van der Waals surface area contributed by atoms with Gasteiger partial charge in [0.15, 0.2) is 0 Å². The Morgan fingerprint density at radius 1 is 1.03 bits per heavy atom. The van der Waals surface area contributed by atoms with Gasteiger partial charge in [0.1, 0.15) is 0 Å². The molecule has 3 N–H and O–H groups in total. The number of halogens is 4. The number of primary sulfonamides is 1. The maximum Gasteiger partial charge on any atom is 0.522 e. The lowest BCUT2D eigenvalue weighted by atomic mass is 9.82. The first kappa shape index (κ1) is 27.9. The van der Waals surface area contributed by atoms with Gasteiger partial charge in [-0.3, -0.25) is 9.53 Å². The van der Waals surface area contributed by atoms with Gasteiger partial charge in [-0.15, -0.1) is 24.8 Å². The average Bonchev–Trinajstić information content (AvgIpc) is 2.72. The van der Waals surface area contributed by atoms with Crippen LogP contribution in [0.2, 0.25) is 0 Å². The smallest absolute Gasteiger partial charge is 0.377 e. The molecule has 0 heterocycles. The predicted molar refractivity (Wildman–Crippen MR) is 119 cm³/mol. The lowest BCUT2D eigenvalue weighted by Gasteiger charge is -2.41. The van der Waals surface area contributed by atoms with Crippen molar-refractivity contribution in [1.29, 1.82) is 0 Å². The Morgan fingerprint density at radius 3 is 2.38 bits per heavy atom. The number of alkyl halides is 4. The molecule has 8 nitrogen and oxygen atoms in total. The second-order valence-electron chi connectivity index (χ2n) is 9.55. The van der Waals surface area contributed by atoms with E-state index < -0.39 is 52.0 Å². The molecule has 0 aromatic heterocycles. The Morgan fingerprint density at radius 2 is 1.74 bits per heavy atom. The number of hydrogen-bond acceptors (Lipinski definition) is 6. The van der Waals surface area contributed by atoms with Crippen molar-refractivity contribution in [3.8, 4) is 0 Å². The van der Waals surface area contributed by atoms with Crippen LogP contribution in [0, 0.1) is 5.92 Å². The Kier molecular flexibility index (Phi) is 9.52. The van der Waals surface area contributed by atoms with Gasteiger partial charge >= 0.3 is 6.36 Å². The largest absolute Gasteiger partial charge is 0.522 e. The van der Waals surface area contributed by atoms with E-state index in [9.17, 15) is 26.4 Å². The molecule has 3 aliphatic carbocycles. The number of methoxy groups -OCH3 is 1. The third-order valence-corrected chi connectivity index (χ3v) is 8.95. The van der Waals surface area contributed by atoms with Gasteiger partial charge in [0.2, 0.25) is 15.9 Å². The van der Waals surface area contributed by atoms with Crippen molar-refractivity contribution in [2.75, 3.05) is 7.11 Å². The highest BCUT2D eigenvalue weighted by Gasteiger charge is 2.44. The lowest BCUT2D eigenvalue weighted by Crippen LogP contribution is -2.52. The fraction of sp³-hybridized carbons (Fsp3) is 0.952. The van der Waals surface area contributed by atoms with Crippen LogP contribution in [-0.4, -0.2) is 68.9 Å². The summed E-state index contributed by atoms with van der Waals surface area (Å²) in [7, 11) is -2.21. The van der Waals surface area contributed by atoms with E-state index in [0.29, 0.717) is 25.7 Å². The van der Waals surface area contributed by atoms with Crippen LogP contribution >= 0.6 is 11.6 Å². The van der Waals surface area contributed by atoms with Crippen LogP contribution in [0.4, 0.5) is 13.2 Å². The van der Waals surface area contributed by atoms with E-state index >= 15 is 0 Å².